The van der Waals surface area contributed by atoms with Gasteiger partial charge in [0.2, 0.25) is 0 Å². The van der Waals surface area contributed by atoms with Crippen LogP contribution in [0, 0.1) is 0 Å². The van der Waals surface area contributed by atoms with E-state index in [1.54, 1.807) is 0 Å². The van der Waals surface area contributed by atoms with Gasteiger partial charge in [0, 0.05) is 12.0 Å². The molecule has 16 heavy (non-hydrogen) atoms. The summed E-state index contributed by atoms with van der Waals surface area (Å²) in [6.45, 7) is 0.821. The van der Waals surface area contributed by atoms with E-state index in [0.29, 0.717) is 6.54 Å². The zero-order valence-electron chi connectivity index (χ0n) is 9.78. The van der Waals surface area contributed by atoms with E-state index in [1.165, 1.54) is 30.4 Å². The summed E-state index contributed by atoms with van der Waals surface area (Å²) < 4.78 is 0. The summed E-state index contributed by atoms with van der Waals surface area (Å²) in [7, 11) is 0. The fourth-order valence-corrected chi connectivity index (χ4v) is 2.96. The quantitative estimate of drug-likeness (QED) is 0.819. The second-order valence-corrected chi connectivity index (χ2v) is 4.86. The van der Waals surface area contributed by atoms with Crippen LogP contribution in [-0.4, -0.2) is 11.7 Å². The van der Waals surface area contributed by atoms with E-state index in [1.807, 2.05) is 6.07 Å². The highest BCUT2D eigenvalue weighted by atomic mass is 16.3. The minimum absolute atomic E-state index is 0.0196. The molecule has 0 aromatic heterocycles. The molecule has 0 unspecified atom stereocenters. The molecule has 1 aliphatic carbocycles. The number of rotatable bonds is 3. The Morgan fingerprint density at radius 2 is 1.81 bits per heavy atom. The molecule has 0 atom stereocenters. The fraction of sp³-hybridized carbons (Fsp3) is 0.571. The molecule has 88 valence electrons. The minimum atomic E-state index is -0.0196. The lowest BCUT2D eigenvalue weighted by molar-refractivity contribution is 0.151. The second-order valence-electron chi connectivity index (χ2n) is 4.86. The van der Waals surface area contributed by atoms with Gasteiger partial charge in [0.1, 0.15) is 0 Å². The Bertz CT molecular complexity index is 342. The fourth-order valence-electron chi connectivity index (χ4n) is 2.96. The van der Waals surface area contributed by atoms with Gasteiger partial charge in [-0.25, -0.2) is 0 Å². The van der Waals surface area contributed by atoms with Gasteiger partial charge < -0.3 is 10.8 Å². The Morgan fingerprint density at radius 3 is 2.44 bits per heavy atom. The molecule has 0 amide bonds. The van der Waals surface area contributed by atoms with Crippen molar-refractivity contribution in [2.45, 2.75) is 44.1 Å². The van der Waals surface area contributed by atoms with Gasteiger partial charge in [0.25, 0.3) is 0 Å². The number of hydrogen-bond acceptors (Lipinski definition) is 2. The lowest BCUT2D eigenvalue weighted by Gasteiger charge is -2.37. The average Bonchev–Trinajstić information content (AvgIpc) is 2.39. The summed E-state index contributed by atoms with van der Waals surface area (Å²) >= 11 is 0. The van der Waals surface area contributed by atoms with Crippen LogP contribution in [0.2, 0.25) is 0 Å². The first kappa shape index (κ1) is 11.6. The average molecular weight is 219 g/mol. The molecule has 3 N–H and O–H groups in total. The lowest BCUT2D eigenvalue weighted by atomic mass is 9.68. The van der Waals surface area contributed by atoms with Crippen LogP contribution in [0.3, 0.4) is 0 Å². The van der Waals surface area contributed by atoms with Gasteiger partial charge in [-0.2, -0.15) is 0 Å². The molecule has 0 aliphatic heterocycles. The summed E-state index contributed by atoms with van der Waals surface area (Å²) in [5.74, 6) is 0. The summed E-state index contributed by atoms with van der Waals surface area (Å²) in [4.78, 5) is 0. The smallest absolute Gasteiger partial charge is 0.0528 e. The predicted octanol–water partition coefficient (Wildman–Crippen LogP) is 2.34. The normalized spacial score (nSPS) is 19.6. The Hall–Kier alpha value is -0.860. The van der Waals surface area contributed by atoms with Gasteiger partial charge in [0.15, 0.2) is 0 Å². The van der Waals surface area contributed by atoms with Crippen molar-refractivity contribution >= 4 is 0 Å². The largest absolute Gasteiger partial charge is 0.395 e. The topological polar surface area (TPSA) is 46.2 Å². The predicted molar refractivity (Wildman–Crippen MR) is 66.2 cm³/mol. The van der Waals surface area contributed by atoms with Crippen LogP contribution < -0.4 is 5.73 Å². The highest BCUT2D eigenvalue weighted by Gasteiger charge is 2.34. The molecule has 1 aliphatic rings. The number of aliphatic hydroxyl groups excluding tert-OH is 1. The number of nitrogens with two attached hydrogens (primary N) is 1. The van der Waals surface area contributed by atoms with Gasteiger partial charge >= 0.3 is 0 Å². The maximum absolute atomic E-state index is 9.77. The van der Waals surface area contributed by atoms with Crippen LogP contribution >= 0.6 is 0 Å². The van der Waals surface area contributed by atoms with Gasteiger partial charge in [-0.3, -0.25) is 0 Å². The summed E-state index contributed by atoms with van der Waals surface area (Å²) in [6.07, 6.45) is 5.94. The van der Waals surface area contributed by atoms with Crippen LogP contribution in [0.5, 0.6) is 0 Å². The maximum Gasteiger partial charge on any atom is 0.0528 e. The van der Waals surface area contributed by atoms with Crippen molar-refractivity contribution in [3.63, 3.8) is 0 Å². The van der Waals surface area contributed by atoms with Crippen molar-refractivity contribution in [1.29, 1.82) is 0 Å². The monoisotopic (exact) mass is 219 g/mol. The van der Waals surface area contributed by atoms with E-state index in [0.717, 1.165) is 12.8 Å². The van der Waals surface area contributed by atoms with E-state index in [4.69, 9.17) is 5.73 Å². The van der Waals surface area contributed by atoms with E-state index < -0.39 is 0 Å². The molecule has 2 heteroatoms. The third-order valence-corrected chi connectivity index (χ3v) is 3.92. The van der Waals surface area contributed by atoms with Gasteiger partial charge in [0.05, 0.1) is 6.61 Å². The van der Waals surface area contributed by atoms with Gasteiger partial charge in [-0.15, -0.1) is 0 Å². The Kier molecular flexibility index (Phi) is 3.62. The molecule has 2 nitrogen and oxygen atoms in total. The highest BCUT2D eigenvalue weighted by molar-refractivity contribution is 5.35. The summed E-state index contributed by atoms with van der Waals surface area (Å²) in [5, 5.41) is 9.77. The van der Waals surface area contributed by atoms with Crippen molar-refractivity contribution in [2.24, 2.45) is 5.73 Å². The minimum Gasteiger partial charge on any atom is -0.395 e. The molecule has 0 saturated heterocycles. The van der Waals surface area contributed by atoms with Crippen molar-refractivity contribution in [2.75, 3.05) is 6.61 Å². The van der Waals surface area contributed by atoms with Crippen LogP contribution in [0.15, 0.2) is 24.3 Å². The molecule has 2 rings (SSSR count). The molecule has 0 bridgehead atoms. The van der Waals surface area contributed by atoms with Crippen molar-refractivity contribution in [3.05, 3.63) is 35.4 Å². The Morgan fingerprint density at radius 1 is 1.12 bits per heavy atom. The first-order chi connectivity index (χ1) is 7.82. The maximum atomic E-state index is 9.77. The van der Waals surface area contributed by atoms with Crippen LogP contribution in [0.1, 0.15) is 43.2 Å². The highest BCUT2D eigenvalue weighted by Crippen LogP contribution is 2.40. The SMILES string of the molecule is NCc1ccccc1C1(CO)CCCCC1. The molecule has 0 spiro atoms. The number of benzene rings is 1. The zero-order chi connectivity index (χ0) is 11.4. The molecule has 1 saturated carbocycles. The van der Waals surface area contributed by atoms with E-state index in [-0.39, 0.29) is 12.0 Å². The van der Waals surface area contributed by atoms with Gasteiger partial charge in [-0.05, 0) is 24.0 Å². The van der Waals surface area contributed by atoms with Crippen LogP contribution in [0.25, 0.3) is 0 Å². The summed E-state index contributed by atoms with van der Waals surface area (Å²) in [6, 6.07) is 8.31. The lowest BCUT2D eigenvalue weighted by Crippen LogP contribution is -2.34. The zero-order valence-corrected chi connectivity index (χ0v) is 9.78. The molecule has 1 fully saturated rings. The Labute approximate surface area is 97.5 Å². The van der Waals surface area contributed by atoms with Crippen LogP contribution in [0.4, 0.5) is 0 Å². The van der Waals surface area contributed by atoms with Crippen molar-refractivity contribution in [3.8, 4) is 0 Å². The molecule has 1 aromatic rings. The third-order valence-electron chi connectivity index (χ3n) is 3.92. The van der Waals surface area contributed by atoms with Crippen molar-refractivity contribution in [1.82, 2.24) is 0 Å². The second kappa shape index (κ2) is 4.98. The summed E-state index contributed by atoms with van der Waals surface area (Å²) in [5.41, 5.74) is 8.24. The van der Waals surface area contributed by atoms with E-state index >= 15 is 0 Å². The van der Waals surface area contributed by atoms with Crippen LogP contribution in [-0.2, 0) is 12.0 Å². The first-order valence-corrected chi connectivity index (χ1v) is 6.22. The van der Waals surface area contributed by atoms with E-state index in [9.17, 15) is 5.11 Å². The molecule has 0 radical (unpaired) electrons. The molecule has 1 aromatic carbocycles. The molecule has 0 heterocycles. The van der Waals surface area contributed by atoms with Gasteiger partial charge in [-0.1, -0.05) is 43.5 Å². The third kappa shape index (κ3) is 2.00. The standard InChI is InChI=1S/C14H21NO/c15-10-12-6-2-3-7-13(12)14(11-16)8-4-1-5-9-14/h2-3,6-7,16H,1,4-5,8-11,15H2. The van der Waals surface area contributed by atoms with Crippen molar-refractivity contribution < 1.29 is 5.11 Å². The number of hydrogen-bond donors (Lipinski definition) is 2. The molecular weight excluding hydrogens is 198 g/mol. The number of aliphatic hydroxyl groups is 1. The Balaban J connectivity index is 2.38. The molecular formula is C14H21NO. The first-order valence-electron chi connectivity index (χ1n) is 6.22. The van der Waals surface area contributed by atoms with E-state index in [2.05, 4.69) is 18.2 Å².